The molecule has 0 N–H and O–H groups in total. The number of piperidine rings is 1. The predicted molar refractivity (Wildman–Crippen MR) is 155 cm³/mol. The van der Waals surface area contributed by atoms with Gasteiger partial charge in [0.05, 0.1) is 21.7 Å². The number of nitrogens with zero attached hydrogens (tertiary/aromatic N) is 3. The molecular weight excluding hydrogens is 571 g/mol. The van der Waals surface area contributed by atoms with Gasteiger partial charge in [-0.15, -0.1) is 0 Å². The number of carbonyl (C=O) groups excluding carboxylic acids is 2. The lowest BCUT2D eigenvalue weighted by molar-refractivity contribution is -0.132. The van der Waals surface area contributed by atoms with Crippen molar-refractivity contribution in [3.05, 3.63) is 99.0 Å². The van der Waals surface area contributed by atoms with E-state index in [-0.39, 0.29) is 17.5 Å². The molecule has 0 aliphatic carbocycles. The number of rotatable bonds is 7. The Labute approximate surface area is 248 Å². The maximum atomic E-state index is 14.2. The van der Waals surface area contributed by atoms with Crippen molar-refractivity contribution in [2.24, 2.45) is 0 Å². The number of fused-ring (bicyclic) bond motifs is 2. The van der Waals surface area contributed by atoms with Gasteiger partial charge in [0.1, 0.15) is 17.2 Å². The van der Waals surface area contributed by atoms with Crippen molar-refractivity contribution in [2.75, 3.05) is 38.6 Å². The molecule has 1 fully saturated rings. The molecule has 216 valence electrons. The molecule has 1 saturated heterocycles. The Hall–Kier alpha value is -3.20. The van der Waals surface area contributed by atoms with E-state index in [4.69, 9.17) is 27.9 Å². The number of amides is 2. The number of ether oxygens (including phenoxy) is 1. The molecule has 1 atom stereocenters. The second-order valence-corrected chi connectivity index (χ2v) is 11.6. The highest BCUT2D eigenvalue weighted by Crippen LogP contribution is 2.45. The molecule has 41 heavy (non-hydrogen) atoms. The summed E-state index contributed by atoms with van der Waals surface area (Å²) in [4.78, 5) is 31.6. The zero-order valence-electron chi connectivity index (χ0n) is 22.9. The van der Waals surface area contributed by atoms with Crippen molar-refractivity contribution in [1.29, 1.82) is 0 Å². The molecule has 1 spiro atoms. The molecule has 1 unspecified atom stereocenters. The minimum atomic E-state index is -0.883. The zero-order valence-corrected chi connectivity index (χ0v) is 24.4. The number of likely N-dealkylation sites (tertiary alicyclic amines) is 1. The normalized spacial score (nSPS) is 17.2. The lowest BCUT2D eigenvalue weighted by Gasteiger charge is -2.46. The SMILES string of the molecule is CN(Cc1ccc(F)cc1)C(=O)C(CCN1CCC2(CC1)OC(=O)N(C)c1ccc(F)cc12)c1ccc(Cl)c(Cl)c1. The van der Waals surface area contributed by atoms with Gasteiger partial charge in [-0.3, -0.25) is 9.69 Å². The number of likely N-dealkylation sites (N-methyl/N-ethyl adjacent to an activating group) is 1. The monoisotopic (exact) mass is 601 g/mol. The average molecular weight is 603 g/mol. The highest BCUT2D eigenvalue weighted by Gasteiger charge is 2.46. The van der Waals surface area contributed by atoms with Crippen LogP contribution in [0.15, 0.2) is 60.7 Å². The van der Waals surface area contributed by atoms with Gasteiger partial charge in [0.15, 0.2) is 0 Å². The number of carbonyl (C=O) groups is 2. The van der Waals surface area contributed by atoms with E-state index in [0.29, 0.717) is 66.7 Å². The Bertz CT molecular complexity index is 1450. The average Bonchev–Trinajstić information content (AvgIpc) is 2.96. The van der Waals surface area contributed by atoms with Gasteiger partial charge in [0.25, 0.3) is 0 Å². The zero-order chi connectivity index (χ0) is 29.3. The Balaban J connectivity index is 1.30. The summed E-state index contributed by atoms with van der Waals surface area (Å²) in [5, 5.41) is 0.782. The van der Waals surface area contributed by atoms with Crippen LogP contribution in [0.1, 0.15) is 41.9 Å². The summed E-state index contributed by atoms with van der Waals surface area (Å²) in [6.45, 7) is 2.17. The number of hydrogen-bond donors (Lipinski definition) is 0. The molecule has 2 amide bonds. The molecule has 0 bridgehead atoms. The van der Waals surface area contributed by atoms with Gasteiger partial charge < -0.3 is 14.5 Å². The van der Waals surface area contributed by atoms with Crippen molar-refractivity contribution in [3.8, 4) is 0 Å². The molecule has 2 aliphatic rings. The lowest BCUT2D eigenvalue weighted by Crippen LogP contribution is -2.51. The van der Waals surface area contributed by atoms with Gasteiger partial charge in [-0.1, -0.05) is 41.4 Å². The van der Waals surface area contributed by atoms with Crippen molar-refractivity contribution >= 4 is 40.9 Å². The summed E-state index contributed by atoms with van der Waals surface area (Å²) in [6.07, 6.45) is 1.09. The molecule has 0 saturated carbocycles. The van der Waals surface area contributed by atoms with E-state index in [0.717, 1.165) is 11.1 Å². The summed E-state index contributed by atoms with van der Waals surface area (Å²) in [5.74, 6) is -1.27. The third kappa shape index (κ3) is 6.20. The second kappa shape index (κ2) is 12.0. The van der Waals surface area contributed by atoms with Crippen LogP contribution in [0.2, 0.25) is 10.0 Å². The van der Waals surface area contributed by atoms with E-state index in [1.165, 1.54) is 29.2 Å². The van der Waals surface area contributed by atoms with Gasteiger partial charge in [-0.25, -0.2) is 13.6 Å². The third-order valence-electron chi connectivity index (χ3n) is 8.12. The standard InChI is InChI=1S/C31H31Cl2F2N3O3/c1-36(19-20-3-6-22(34)7-4-20)29(39)24(21-5-9-26(32)27(33)17-21)11-14-38-15-12-31(13-16-38)25-18-23(35)8-10-28(25)37(2)30(40)41-31/h3-10,17-18,24H,11-16,19H2,1-2H3. The van der Waals surface area contributed by atoms with E-state index in [9.17, 15) is 18.4 Å². The summed E-state index contributed by atoms with van der Waals surface area (Å²) < 4.78 is 33.5. The first kappa shape index (κ1) is 29.3. The topological polar surface area (TPSA) is 53.1 Å². The summed E-state index contributed by atoms with van der Waals surface area (Å²) >= 11 is 12.5. The number of hydrogen-bond acceptors (Lipinski definition) is 4. The fraction of sp³-hybridized carbons (Fsp3) is 0.355. The number of halogens is 4. The Morgan fingerprint density at radius 2 is 1.68 bits per heavy atom. The van der Waals surface area contributed by atoms with Gasteiger partial charge in [0.2, 0.25) is 5.91 Å². The van der Waals surface area contributed by atoms with Crippen LogP contribution in [0.5, 0.6) is 0 Å². The minimum absolute atomic E-state index is 0.0881. The van der Waals surface area contributed by atoms with Gasteiger partial charge in [-0.05, 0) is 66.6 Å². The van der Waals surface area contributed by atoms with Crippen LogP contribution in [-0.4, -0.2) is 55.5 Å². The lowest BCUT2D eigenvalue weighted by atomic mass is 9.81. The molecule has 3 aromatic carbocycles. The smallest absolute Gasteiger partial charge is 0.414 e. The first-order chi connectivity index (χ1) is 19.6. The van der Waals surface area contributed by atoms with E-state index in [1.807, 2.05) is 6.07 Å². The molecular formula is C31H31Cl2F2N3O3. The Kier molecular flexibility index (Phi) is 8.55. The Morgan fingerprint density at radius 3 is 2.37 bits per heavy atom. The van der Waals surface area contributed by atoms with E-state index in [2.05, 4.69) is 4.90 Å². The van der Waals surface area contributed by atoms with Crippen molar-refractivity contribution in [1.82, 2.24) is 9.80 Å². The third-order valence-corrected chi connectivity index (χ3v) is 8.86. The second-order valence-electron chi connectivity index (χ2n) is 10.8. The van der Waals surface area contributed by atoms with Crippen LogP contribution >= 0.6 is 23.2 Å². The highest BCUT2D eigenvalue weighted by molar-refractivity contribution is 6.42. The highest BCUT2D eigenvalue weighted by atomic mass is 35.5. The van der Waals surface area contributed by atoms with Crippen LogP contribution in [0.25, 0.3) is 0 Å². The summed E-state index contributed by atoms with van der Waals surface area (Å²) in [6, 6.07) is 15.7. The first-order valence-corrected chi connectivity index (χ1v) is 14.3. The van der Waals surface area contributed by atoms with Crippen LogP contribution in [-0.2, 0) is 21.7 Å². The minimum Gasteiger partial charge on any atom is -0.437 e. The van der Waals surface area contributed by atoms with Crippen LogP contribution in [0.3, 0.4) is 0 Å². The van der Waals surface area contributed by atoms with Gasteiger partial charge in [0, 0.05) is 52.1 Å². The Morgan fingerprint density at radius 1 is 1.00 bits per heavy atom. The molecule has 2 aliphatic heterocycles. The summed E-state index contributed by atoms with van der Waals surface area (Å²) in [7, 11) is 3.35. The molecule has 0 aromatic heterocycles. The summed E-state index contributed by atoms with van der Waals surface area (Å²) in [5.41, 5.74) is 2.04. The predicted octanol–water partition coefficient (Wildman–Crippen LogP) is 6.98. The molecule has 5 rings (SSSR count). The molecule has 3 aromatic rings. The van der Waals surface area contributed by atoms with Gasteiger partial charge in [-0.2, -0.15) is 0 Å². The van der Waals surface area contributed by atoms with Crippen molar-refractivity contribution in [2.45, 2.75) is 37.3 Å². The number of anilines is 1. The molecule has 0 radical (unpaired) electrons. The fourth-order valence-electron chi connectivity index (χ4n) is 5.74. The van der Waals surface area contributed by atoms with Crippen LogP contribution in [0.4, 0.5) is 19.3 Å². The first-order valence-electron chi connectivity index (χ1n) is 13.5. The largest absolute Gasteiger partial charge is 0.437 e. The van der Waals surface area contributed by atoms with Gasteiger partial charge >= 0.3 is 6.09 Å². The number of benzene rings is 3. The molecule has 10 heteroatoms. The van der Waals surface area contributed by atoms with Crippen LogP contribution < -0.4 is 4.90 Å². The van der Waals surface area contributed by atoms with Crippen molar-refractivity contribution < 1.29 is 23.1 Å². The van der Waals surface area contributed by atoms with E-state index < -0.39 is 17.6 Å². The van der Waals surface area contributed by atoms with E-state index >= 15 is 0 Å². The van der Waals surface area contributed by atoms with Crippen LogP contribution in [0, 0.1) is 11.6 Å². The van der Waals surface area contributed by atoms with E-state index in [1.54, 1.807) is 49.3 Å². The maximum Gasteiger partial charge on any atom is 0.414 e. The maximum absolute atomic E-state index is 14.2. The quantitative estimate of drug-likeness (QED) is 0.293. The van der Waals surface area contributed by atoms with Crippen molar-refractivity contribution in [3.63, 3.8) is 0 Å². The fourth-order valence-corrected chi connectivity index (χ4v) is 6.05. The molecule has 6 nitrogen and oxygen atoms in total. The molecule has 2 heterocycles.